The van der Waals surface area contributed by atoms with Gasteiger partial charge >= 0.3 is 18.2 Å². The second kappa shape index (κ2) is 16.4. The van der Waals surface area contributed by atoms with Crippen LogP contribution in [0.15, 0.2) is 4.99 Å². The smallest absolute Gasteiger partial charge is 0.414 e. The number of nitrogens with one attached hydrogen (secondary N) is 4. The lowest BCUT2D eigenvalue weighted by Crippen LogP contribution is -2.51. The van der Waals surface area contributed by atoms with E-state index in [-0.39, 0.29) is 12.6 Å². The molecule has 0 radical (unpaired) electrons. The monoisotopic (exact) mass is 529 g/mol. The third kappa shape index (κ3) is 18.5. The molecule has 0 saturated carbocycles. The number of carbonyl (C=O) groups is 5. The summed E-state index contributed by atoms with van der Waals surface area (Å²) in [6.07, 6.45) is 1.23. The summed E-state index contributed by atoms with van der Waals surface area (Å²) in [6, 6.07) is -1.39. The van der Waals surface area contributed by atoms with Crippen molar-refractivity contribution in [3.63, 3.8) is 0 Å². The lowest BCUT2D eigenvalue weighted by atomic mass is 10.2. The van der Waals surface area contributed by atoms with Gasteiger partial charge in [0, 0.05) is 20.0 Å². The second-order valence-electron chi connectivity index (χ2n) is 10.1. The molecule has 0 spiro atoms. The van der Waals surface area contributed by atoms with Crippen LogP contribution in [0.4, 0.5) is 9.59 Å². The van der Waals surface area contributed by atoms with Crippen molar-refractivity contribution in [2.75, 3.05) is 19.7 Å². The number of nitrogens with zero attached hydrogens (tertiary/aromatic N) is 1. The molecule has 0 fully saturated rings. The van der Waals surface area contributed by atoms with Gasteiger partial charge in [-0.2, -0.15) is 0 Å². The molecule has 0 aromatic carbocycles. The average Bonchev–Trinajstić information content (AvgIpc) is 2.70. The van der Waals surface area contributed by atoms with Crippen LogP contribution in [0.2, 0.25) is 0 Å². The zero-order valence-electron chi connectivity index (χ0n) is 23.2. The number of esters is 1. The zero-order chi connectivity index (χ0) is 28.6. The SMILES string of the molecule is CCOC(=O)C(NC(C)=O)C(=O)NCCCCCCN=C(NC(=O)OC(C)(C)C)NC(=O)OC(C)(C)C. The molecule has 0 aromatic rings. The third-order valence-electron chi connectivity index (χ3n) is 4.02. The lowest BCUT2D eigenvalue weighted by Gasteiger charge is -2.22. The van der Waals surface area contributed by atoms with E-state index >= 15 is 0 Å². The molecule has 4 amide bonds. The number of aliphatic imine (C=N–C) groups is 1. The molecule has 13 nitrogen and oxygen atoms in total. The second-order valence-corrected chi connectivity index (χ2v) is 10.1. The van der Waals surface area contributed by atoms with Gasteiger partial charge in [0.1, 0.15) is 11.2 Å². The number of amides is 4. The average molecular weight is 530 g/mol. The van der Waals surface area contributed by atoms with Crippen LogP contribution in [-0.4, -0.2) is 72.9 Å². The van der Waals surface area contributed by atoms with Crippen LogP contribution in [0.5, 0.6) is 0 Å². The van der Waals surface area contributed by atoms with E-state index in [2.05, 4.69) is 26.3 Å². The van der Waals surface area contributed by atoms with Crippen LogP contribution in [0.3, 0.4) is 0 Å². The summed E-state index contributed by atoms with van der Waals surface area (Å²) >= 11 is 0. The number of hydrogen-bond donors (Lipinski definition) is 4. The summed E-state index contributed by atoms with van der Waals surface area (Å²) in [5.74, 6) is -2.05. The molecule has 0 aromatic heterocycles. The van der Waals surface area contributed by atoms with Crippen molar-refractivity contribution in [2.24, 2.45) is 4.99 Å². The van der Waals surface area contributed by atoms with Gasteiger partial charge in [-0.15, -0.1) is 0 Å². The minimum Gasteiger partial charge on any atom is -0.464 e. The summed E-state index contributed by atoms with van der Waals surface area (Å²) in [7, 11) is 0. The van der Waals surface area contributed by atoms with E-state index in [9.17, 15) is 24.0 Å². The van der Waals surface area contributed by atoms with E-state index in [1.54, 1.807) is 48.5 Å². The molecule has 13 heteroatoms. The van der Waals surface area contributed by atoms with Gasteiger partial charge in [0.2, 0.25) is 17.9 Å². The van der Waals surface area contributed by atoms with Crippen molar-refractivity contribution in [1.82, 2.24) is 21.3 Å². The minimum atomic E-state index is -1.39. The fourth-order valence-electron chi connectivity index (χ4n) is 2.67. The largest absolute Gasteiger partial charge is 0.464 e. The van der Waals surface area contributed by atoms with Gasteiger partial charge in [-0.3, -0.25) is 25.2 Å². The highest BCUT2D eigenvalue weighted by Crippen LogP contribution is 2.08. The highest BCUT2D eigenvalue weighted by Gasteiger charge is 2.28. The predicted molar refractivity (Wildman–Crippen MR) is 137 cm³/mol. The normalized spacial score (nSPS) is 11.9. The van der Waals surface area contributed by atoms with Gasteiger partial charge in [0.15, 0.2) is 0 Å². The molecule has 0 saturated heterocycles. The molecule has 0 aliphatic carbocycles. The van der Waals surface area contributed by atoms with Crippen LogP contribution in [0.1, 0.15) is 81.1 Å². The molecule has 0 aliphatic heterocycles. The van der Waals surface area contributed by atoms with Gasteiger partial charge < -0.3 is 24.8 Å². The van der Waals surface area contributed by atoms with Crippen molar-refractivity contribution in [3.8, 4) is 0 Å². The first-order valence-corrected chi connectivity index (χ1v) is 12.3. The van der Waals surface area contributed by atoms with Crippen LogP contribution < -0.4 is 21.3 Å². The van der Waals surface area contributed by atoms with E-state index in [0.717, 1.165) is 12.8 Å². The molecular weight excluding hydrogens is 486 g/mol. The van der Waals surface area contributed by atoms with Crippen molar-refractivity contribution >= 4 is 35.9 Å². The fourth-order valence-corrected chi connectivity index (χ4v) is 2.67. The molecule has 0 rings (SSSR count). The highest BCUT2D eigenvalue weighted by molar-refractivity contribution is 6.04. The van der Waals surface area contributed by atoms with Crippen molar-refractivity contribution in [2.45, 2.75) is 98.3 Å². The Morgan fingerprint density at radius 2 is 1.32 bits per heavy atom. The first-order chi connectivity index (χ1) is 17.0. The Morgan fingerprint density at radius 1 is 0.811 bits per heavy atom. The van der Waals surface area contributed by atoms with E-state index in [1.165, 1.54) is 6.92 Å². The zero-order valence-corrected chi connectivity index (χ0v) is 23.2. The number of unbranched alkanes of at least 4 members (excludes halogenated alkanes) is 3. The number of rotatable bonds is 11. The molecule has 4 N–H and O–H groups in total. The number of alkyl carbamates (subject to hydrolysis) is 2. The van der Waals surface area contributed by atoms with Gasteiger partial charge in [0.25, 0.3) is 5.91 Å². The Bertz CT molecular complexity index is 783. The summed E-state index contributed by atoms with van der Waals surface area (Å²) in [4.78, 5) is 63.8. The minimum absolute atomic E-state index is 0.0845. The Hall–Kier alpha value is -3.38. The fraction of sp³-hybridized carbons (Fsp3) is 0.750. The highest BCUT2D eigenvalue weighted by atomic mass is 16.6. The van der Waals surface area contributed by atoms with Gasteiger partial charge in [0.05, 0.1) is 6.61 Å². The Labute approximate surface area is 218 Å². The number of hydrogen-bond acceptors (Lipinski definition) is 9. The molecule has 1 unspecified atom stereocenters. The molecule has 212 valence electrons. The van der Waals surface area contributed by atoms with Crippen LogP contribution >= 0.6 is 0 Å². The predicted octanol–water partition coefficient (Wildman–Crippen LogP) is 2.14. The summed E-state index contributed by atoms with van der Waals surface area (Å²) in [5.41, 5.74) is -1.45. The maximum absolute atomic E-state index is 12.2. The molecule has 1 atom stereocenters. The number of ether oxygens (including phenoxy) is 3. The molecule has 0 aliphatic rings. The van der Waals surface area contributed by atoms with E-state index < -0.39 is 47.2 Å². The number of carbonyl (C=O) groups excluding carboxylic acids is 5. The molecular formula is C24H43N5O8. The van der Waals surface area contributed by atoms with Crippen LogP contribution in [0, 0.1) is 0 Å². The summed E-state index contributed by atoms with van der Waals surface area (Å²) in [6.45, 7) is 13.8. The van der Waals surface area contributed by atoms with Crippen molar-refractivity contribution in [3.05, 3.63) is 0 Å². The van der Waals surface area contributed by atoms with Crippen molar-refractivity contribution in [1.29, 1.82) is 0 Å². The molecule has 0 bridgehead atoms. The standard InChI is InChI=1S/C24H43N5O8/c1-9-35-19(32)17(27-16(2)30)18(31)25-14-12-10-11-13-15-26-20(28-21(33)36-23(3,4)5)29-22(34)37-24(6,7)8/h17H,9-15H2,1-8H3,(H,25,31)(H,27,30)(H2,26,28,29,33,34). The first-order valence-electron chi connectivity index (χ1n) is 12.3. The Balaban J connectivity index is 4.65. The molecule has 37 heavy (non-hydrogen) atoms. The quantitative estimate of drug-likeness (QED) is 0.0786. The van der Waals surface area contributed by atoms with Gasteiger partial charge in [-0.1, -0.05) is 12.8 Å². The third-order valence-corrected chi connectivity index (χ3v) is 4.02. The van der Waals surface area contributed by atoms with E-state index in [1.807, 2.05) is 0 Å². The Morgan fingerprint density at radius 3 is 1.78 bits per heavy atom. The molecule has 0 heterocycles. The van der Waals surface area contributed by atoms with E-state index in [0.29, 0.717) is 25.9 Å². The Kier molecular flexibility index (Phi) is 14.9. The van der Waals surface area contributed by atoms with Crippen molar-refractivity contribution < 1.29 is 38.2 Å². The first kappa shape index (κ1) is 33.6. The van der Waals surface area contributed by atoms with Crippen LogP contribution in [0.25, 0.3) is 0 Å². The maximum Gasteiger partial charge on any atom is 0.414 e. The van der Waals surface area contributed by atoms with Gasteiger partial charge in [-0.05, 0) is 61.3 Å². The maximum atomic E-state index is 12.2. The topological polar surface area (TPSA) is 174 Å². The summed E-state index contributed by atoms with van der Waals surface area (Å²) in [5, 5.41) is 9.72. The summed E-state index contributed by atoms with van der Waals surface area (Å²) < 4.78 is 15.2. The van der Waals surface area contributed by atoms with E-state index in [4.69, 9.17) is 14.2 Å². The van der Waals surface area contributed by atoms with Crippen LogP contribution in [-0.2, 0) is 28.6 Å². The lowest BCUT2D eigenvalue weighted by molar-refractivity contribution is -0.151. The van der Waals surface area contributed by atoms with Gasteiger partial charge in [-0.25, -0.2) is 14.4 Å². The number of guanidine groups is 1.